The molecule has 0 radical (unpaired) electrons. The van der Waals surface area contributed by atoms with E-state index in [9.17, 15) is 0 Å². The summed E-state index contributed by atoms with van der Waals surface area (Å²) >= 11 is 6.18. The van der Waals surface area contributed by atoms with E-state index < -0.39 is 0 Å². The number of aromatic amines is 1. The zero-order valence-corrected chi connectivity index (χ0v) is 12.6. The molecule has 3 aromatic rings. The molecule has 0 saturated heterocycles. The summed E-state index contributed by atoms with van der Waals surface area (Å²) in [5.74, 6) is 2.08. The van der Waals surface area contributed by atoms with Gasteiger partial charge in [-0.25, -0.2) is 0 Å². The molecule has 0 atom stereocenters. The Hall–Kier alpha value is -2.40. The molecule has 0 spiro atoms. The number of H-pyrrole nitrogens is 1. The summed E-state index contributed by atoms with van der Waals surface area (Å²) in [5, 5.41) is 8.52. The minimum Gasteiger partial charge on any atom is -0.489 e. The molecule has 2 aromatic carbocycles. The standard InChI is InChI=1S/C16H13ClN2O3/c1-9-2-13-11(6-18-19-13)5-14(9)20-7-10-3-12(17)16-15(4-10)21-8-22-16/h2-6H,7-8H2,1H3,(H,18,19). The molecule has 5 nitrogen and oxygen atoms in total. The van der Waals surface area contributed by atoms with E-state index >= 15 is 0 Å². The van der Waals surface area contributed by atoms with Gasteiger partial charge in [-0.2, -0.15) is 5.10 Å². The fraction of sp³-hybridized carbons (Fsp3) is 0.188. The van der Waals surface area contributed by atoms with Gasteiger partial charge in [0.2, 0.25) is 6.79 Å². The highest BCUT2D eigenvalue weighted by atomic mass is 35.5. The van der Waals surface area contributed by atoms with Crippen molar-refractivity contribution in [3.05, 3.63) is 46.6 Å². The monoisotopic (exact) mass is 316 g/mol. The largest absolute Gasteiger partial charge is 0.489 e. The van der Waals surface area contributed by atoms with E-state index in [4.69, 9.17) is 25.8 Å². The minimum atomic E-state index is 0.204. The van der Waals surface area contributed by atoms with Crippen LogP contribution in [0, 0.1) is 6.92 Å². The van der Waals surface area contributed by atoms with Crippen LogP contribution in [0.1, 0.15) is 11.1 Å². The number of halogens is 1. The van der Waals surface area contributed by atoms with Gasteiger partial charge in [-0.15, -0.1) is 0 Å². The molecule has 0 unspecified atom stereocenters. The molecule has 2 heterocycles. The van der Waals surface area contributed by atoms with Gasteiger partial charge in [0, 0.05) is 5.39 Å². The third kappa shape index (κ3) is 2.23. The summed E-state index contributed by atoms with van der Waals surface area (Å²) in [4.78, 5) is 0. The lowest BCUT2D eigenvalue weighted by molar-refractivity contribution is 0.174. The fourth-order valence-electron chi connectivity index (χ4n) is 2.50. The van der Waals surface area contributed by atoms with E-state index in [2.05, 4.69) is 10.2 Å². The highest BCUT2D eigenvalue weighted by Gasteiger charge is 2.18. The molecule has 1 aliphatic rings. The number of nitrogens with one attached hydrogen (secondary N) is 1. The normalized spacial score (nSPS) is 12.8. The van der Waals surface area contributed by atoms with Crippen LogP contribution in [-0.4, -0.2) is 17.0 Å². The Bertz CT molecular complexity index is 860. The quantitative estimate of drug-likeness (QED) is 0.798. The van der Waals surface area contributed by atoms with Gasteiger partial charge in [0.15, 0.2) is 11.5 Å². The van der Waals surface area contributed by atoms with E-state index in [0.29, 0.717) is 23.1 Å². The number of fused-ring (bicyclic) bond motifs is 2. The van der Waals surface area contributed by atoms with Crippen LogP contribution >= 0.6 is 11.6 Å². The number of benzene rings is 2. The van der Waals surface area contributed by atoms with Crippen molar-refractivity contribution in [1.82, 2.24) is 10.2 Å². The smallest absolute Gasteiger partial charge is 0.231 e. The van der Waals surface area contributed by atoms with Crippen molar-refractivity contribution in [2.24, 2.45) is 0 Å². The van der Waals surface area contributed by atoms with Crippen molar-refractivity contribution in [3.8, 4) is 17.2 Å². The highest BCUT2D eigenvalue weighted by molar-refractivity contribution is 6.32. The van der Waals surface area contributed by atoms with Crippen molar-refractivity contribution in [1.29, 1.82) is 0 Å². The summed E-state index contributed by atoms with van der Waals surface area (Å²) < 4.78 is 16.6. The maximum absolute atomic E-state index is 6.18. The van der Waals surface area contributed by atoms with Gasteiger partial charge < -0.3 is 14.2 Å². The van der Waals surface area contributed by atoms with Crippen LogP contribution in [0.15, 0.2) is 30.5 Å². The number of hydrogen-bond acceptors (Lipinski definition) is 4. The molecule has 112 valence electrons. The van der Waals surface area contributed by atoms with Crippen molar-refractivity contribution < 1.29 is 14.2 Å². The third-order valence-corrected chi connectivity index (χ3v) is 3.90. The van der Waals surface area contributed by atoms with Gasteiger partial charge in [0.25, 0.3) is 0 Å². The third-order valence-electron chi connectivity index (χ3n) is 3.62. The molecule has 0 fully saturated rings. The Morgan fingerprint density at radius 2 is 2.18 bits per heavy atom. The first-order valence-electron chi connectivity index (χ1n) is 6.85. The van der Waals surface area contributed by atoms with E-state index in [-0.39, 0.29) is 6.79 Å². The number of nitrogens with zero attached hydrogens (tertiary/aromatic N) is 1. The summed E-state index contributed by atoms with van der Waals surface area (Å²) in [6.45, 7) is 2.61. The maximum atomic E-state index is 6.18. The lowest BCUT2D eigenvalue weighted by atomic mass is 10.1. The van der Waals surface area contributed by atoms with Crippen LogP contribution in [0.4, 0.5) is 0 Å². The zero-order valence-electron chi connectivity index (χ0n) is 11.9. The molecule has 0 bridgehead atoms. The first-order chi connectivity index (χ1) is 10.7. The molecule has 1 aliphatic heterocycles. The first kappa shape index (κ1) is 13.3. The molecular formula is C16H13ClN2O3. The van der Waals surface area contributed by atoms with Crippen LogP contribution < -0.4 is 14.2 Å². The van der Waals surface area contributed by atoms with E-state index in [1.165, 1.54) is 0 Å². The van der Waals surface area contributed by atoms with Crippen molar-refractivity contribution in [2.45, 2.75) is 13.5 Å². The highest BCUT2D eigenvalue weighted by Crippen LogP contribution is 2.40. The van der Waals surface area contributed by atoms with Crippen molar-refractivity contribution in [2.75, 3.05) is 6.79 Å². The lowest BCUT2D eigenvalue weighted by Gasteiger charge is -2.10. The zero-order chi connectivity index (χ0) is 15.1. The summed E-state index contributed by atoms with van der Waals surface area (Å²) in [6, 6.07) is 7.72. The van der Waals surface area contributed by atoms with E-state index in [1.54, 1.807) is 6.20 Å². The van der Waals surface area contributed by atoms with Crippen LogP contribution in [0.3, 0.4) is 0 Å². The molecule has 1 N–H and O–H groups in total. The fourth-order valence-corrected chi connectivity index (χ4v) is 2.79. The van der Waals surface area contributed by atoms with Gasteiger partial charge in [-0.05, 0) is 42.3 Å². The summed E-state index contributed by atoms with van der Waals surface area (Å²) in [5.41, 5.74) is 2.97. The Balaban J connectivity index is 1.59. The SMILES string of the molecule is Cc1cc2[nH]ncc2cc1OCc1cc(Cl)c2c(c1)OCO2. The first-order valence-corrected chi connectivity index (χ1v) is 7.23. The second kappa shape index (κ2) is 5.10. The number of aromatic nitrogens is 2. The molecule has 22 heavy (non-hydrogen) atoms. The lowest BCUT2D eigenvalue weighted by Crippen LogP contribution is -1.97. The van der Waals surface area contributed by atoms with Crippen LogP contribution in [-0.2, 0) is 6.61 Å². The molecule has 4 rings (SSSR count). The number of ether oxygens (including phenoxy) is 3. The van der Waals surface area contributed by atoms with Gasteiger partial charge in [0.05, 0.1) is 16.7 Å². The molecule has 0 amide bonds. The van der Waals surface area contributed by atoms with Gasteiger partial charge in [0.1, 0.15) is 12.4 Å². The van der Waals surface area contributed by atoms with Gasteiger partial charge in [-0.3, -0.25) is 5.10 Å². The second-order valence-corrected chi connectivity index (χ2v) is 5.58. The predicted octanol–water partition coefficient (Wildman–Crippen LogP) is 3.83. The van der Waals surface area contributed by atoms with Crippen molar-refractivity contribution in [3.63, 3.8) is 0 Å². The Morgan fingerprint density at radius 1 is 1.27 bits per heavy atom. The molecule has 0 saturated carbocycles. The number of hydrogen-bond donors (Lipinski definition) is 1. The average Bonchev–Trinajstić information content (AvgIpc) is 3.13. The Morgan fingerprint density at radius 3 is 3.09 bits per heavy atom. The van der Waals surface area contributed by atoms with Crippen LogP contribution in [0.5, 0.6) is 17.2 Å². The molecule has 0 aliphatic carbocycles. The average molecular weight is 317 g/mol. The number of rotatable bonds is 3. The maximum Gasteiger partial charge on any atom is 0.231 e. The Kier molecular flexibility index (Phi) is 3.08. The predicted molar refractivity (Wildman–Crippen MR) is 82.7 cm³/mol. The minimum absolute atomic E-state index is 0.204. The summed E-state index contributed by atoms with van der Waals surface area (Å²) in [7, 11) is 0. The molecule has 1 aromatic heterocycles. The topological polar surface area (TPSA) is 56.4 Å². The molecular weight excluding hydrogens is 304 g/mol. The van der Waals surface area contributed by atoms with E-state index in [1.807, 2.05) is 31.2 Å². The van der Waals surface area contributed by atoms with Crippen molar-refractivity contribution >= 4 is 22.5 Å². The molecule has 6 heteroatoms. The van der Waals surface area contributed by atoms with Crippen LogP contribution in [0.2, 0.25) is 5.02 Å². The summed E-state index contributed by atoms with van der Waals surface area (Å²) in [6.07, 6.45) is 1.78. The van der Waals surface area contributed by atoms with Crippen LogP contribution in [0.25, 0.3) is 10.9 Å². The van der Waals surface area contributed by atoms with E-state index in [0.717, 1.165) is 27.8 Å². The second-order valence-electron chi connectivity index (χ2n) is 5.18. The number of aryl methyl sites for hydroxylation is 1. The van der Waals surface area contributed by atoms with Gasteiger partial charge in [-0.1, -0.05) is 11.6 Å². The Labute approximate surface area is 131 Å². The van der Waals surface area contributed by atoms with Gasteiger partial charge >= 0.3 is 0 Å².